The standard InChI is InChI=1S/C16H32O3.Li.H/c1-2-3-4-5-6-7-8-9-10-11-12-13-14-15(17)16(18)19;;/h15,17H,2-14H2,1H3,(H,18,19);;. The average Bonchev–Trinajstić information content (AvgIpc) is 2.39. The molecule has 0 fully saturated rings. The second-order valence-electron chi connectivity index (χ2n) is 5.53. The average molecular weight is 280 g/mol. The number of hydrogen-bond acceptors (Lipinski definition) is 2. The molecule has 0 heterocycles. The van der Waals surface area contributed by atoms with Gasteiger partial charge in [0, 0.05) is 0 Å². The zero-order valence-electron chi connectivity index (χ0n) is 12.6. The van der Waals surface area contributed by atoms with E-state index in [9.17, 15) is 4.79 Å². The molecule has 0 amide bonds. The molecule has 0 aromatic carbocycles. The Morgan fingerprint density at radius 2 is 1.15 bits per heavy atom. The minimum atomic E-state index is -1.16. The molecule has 0 aliphatic carbocycles. The third-order valence-corrected chi connectivity index (χ3v) is 3.62. The van der Waals surface area contributed by atoms with Crippen LogP contribution < -0.4 is 0 Å². The summed E-state index contributed by atoms with van der Waals surface area (Å²) in [5.41, 5.74) is 0. The van der Waals surface area contributed by atoms with Gasteiger partial charge in [0.25, 0.3) is 0 Å². The SMILES string of the molecule is CCCCCCCCCCCCCCC(O)C(=O)O.[LiH]. The van der Waals surface area contributed by atoms with Crippen LogP contribution in [0.5, 0.6) is 0 Å². The Balaban J connectivity index is 0. The molecule has 20 heavy (non-hydrogen) atoms. The number of aliphatic hydroxyl groups excluding tert-OH is 1. The topological polar surface area (TPSA) is 57.5 Å². The van der Waals surface area contributed by atoms with Crippen molar-refractivity contribution in [2.24, 2.45) is 0 Å². The van der Waals surface area contributed by atoms with E-state index in [0.717, 1.165) is 12.8 Å². The van der Waals surface area contributed by atoms with Gasteiger partial charge in [-0.05, 0) is 6.42 Å². The third kappa shape index (κ3) is 16.1. The van der Waals surface area contributed by atoms with Gasteiger partial charge < -0.3 is 10.2 Å². The van der Waals surface area contributed by atoms with Crippen molar-refractivity contribution in [3.63, 3.8) is 0 Å². The summed E-state index contributed by atoms with van der Waals surface area (Å²) in [7, 11) is 0. The predicted octanol–water partition coefficient (Wildman–Crippen LogP) is 3.87. The van der Waals surface area contributed by atoms with Crippen molar-refractivity contribution in [3.8, 4) is 0 Å². The monoisotopic (exact) mass is 280 g/mol. The van der Waals surface area contributed by atoms with E-state index in [2.05, 4.69) is 6.92 Å². The first-order chi connectivity index (χ1) is 9.18. The molecule has 0 aliphatic heterocycles. The molecule has 0 aliphatic rings. The van der Waals surface area contributed by atoms with Gasteiger partial charge in [-0.25, -0.2) is 4.79 Å². The Kier molecular flexibility index (Phi) is 19.1. The Bertz CT molecular complexity index is 210. The first-order valence-corrected chi connectivity index (χ1v) is 8.09. The molecule has 4 heteroatoms. The van der Waals surface area contributed by atoms with Crippen molar-refractivity contribution in [2.75, 3.05) is 0 Å². The van der Waals surface area contributed by atoms with Gasteiger partial charge in [0.1, 0.15) is 0 Å². The molecule has 116 valence electrons. The van der Waals surface area contributed by atoms with Crippen LogP contribution in [0.3, 0.4) is 0 Å². The summed E-state index contributed by atoms with van der Waals surface area (Å²) in [6, 6.07) is 0. The van der Waals surface area contributed by atoms with Crippen LogP contribution >= 0.6 is 0 Å². The van der Waals surface area contributed by atoms with Gasteiger partial charge in [0.15, 0.2) is 6.10 Å². The first kappa shape index (κ1) is 22.3. The number of unbranched alkanes of at least 4 members (excludes halogenated alkanes) is 11. The number of carbonyl (C=O) groups is 1. The summed E-state index contributed by atoms with van der Waals surface area (Å²) >= 11 is 0. The third-order valence-electron chi connectivity index (χ3n) is 3.62. The van der Waals surface area contributed by atoms with E-state index in [1.165, 1.54) is 64.2 Å². The van der Waals surface area contributed by atoms with E-state index in [-0.39, 0.29) is 18.9 Å². The molecule has 1 atom stereocenters. The zero-order valence-corrected chi connectivity index (χ0v) is 12.6. The van der Waals surface area contributed by atoms with Crippen LogP contribution in [-0.2, 0) is 4.79 Å². The molecular weight excluding hydrogens is 247 g/mol. The minimum absolute atomic E-state index is 0. The number of aliphatic carboxylic acids is 1. The predicted molar refractivity (Wildman–Crippen MR) is 86.5 cm³/mol. The van der Waals surface area contributed by atoms with Crippen LogP contribution in [-0.4, -0.2) is 41.1 Å². The second-order valence-corrected chi connectivity index (χ2v) is 5.53. The van der Waals surface area contributed by atoms with Crippen LogP contribution in [0.4, 0.5) is 0 Å². The van der Waals surface area contributed by atoms with Crippen LogP contribution in [0.25, 0.3) is 0 Å². The Labute approximate surface area is 136 Å². The summed E-state index contributed by atoms with van der Waals surface area (Å²) in [5.74, 6) is -1.09. The Morgan fingerprint density at radius 3 is 1.50 bits per heavy atom. The molecule has 0 aromatic rings. The van der Waals surface area contributed by atoms with Gasteiger partial charge in [-0.3, -0.25) is 0 Å². The van der Waals surface area contributed by atoms with Crippen LogP contribution in [0.2, 0.25) is 0 Å². The van der Waals surface area contributed by atoms with Crippen LogP contribution in [0, 0.1) is 0 Å². The van der Waals surface area contributed by atoms with Crippen molar-refractivity contribution in [3.05, 3.63) is 0 Å². The molecule has 0 spiro atoms. The van der Waals surface area contributed by atoms with Crippen molar-refractivity contribution in [1.82, 2.24) is 0 Å². The van der Waals surface area contributed by atoms with E-state index in [1.807, 2.05) is 0 Å². The molecular formula is C16H33LiO3. The quantitative estimate of drug-likeness (QED) is 0.375. The fraction of sp³-hybridized carbons (Fsp3) is 0.938. The normalized spacial score (nSPS) is 11.9. The molecule has 0 radical (unpaired) electrons. The second kappa shape index (κ2) is 17.1. The van der Waals surface area contributed by atoms with Gasteiger partial charge in [-0.2, -0.15) is 0 Å². The van der Waals surface area contributed by atoms with Gasteiger partial charge in [0.05, 0.1) is 0 Å². The molecule has 0 rings (SSSR count). The van der Waals surface area contributed by atoms with Gasteiger partial charge >= 0.3 is 24.8 Å². The fourth-order valence-corrected chi connectivity index (χ4v) is 2.30. The maximum atomic E-state index is 10.4. The number of rotatable bonds is 14. The van der Waals surface area contributed by atoms with Crippen molar-refractivity contribution in [2.45, 2.75) is 96.5 Å². The Morgan fingerprint density at radius 1 is 0.800 bits per heavy atom. The molecule has 2 N–H and O–H groups in total. The van der Waals surface area contributed by atoms with E-state index in [1.54, 1.807) is 0 Å². The van der Waals surface area contributed by atoms with Crippen molar-refractivity contribution >= 4 is 24.8 Å². The van der Waals surface area contributed by atoms with E-state index < -0.39 is 12.1 Å². The van der Waals surface area contributed by atoms with E-state index in [4.69, 9.17) is 10.2 Å². The zero-order chi connectivity index (χ0) is 14.3. The summed E-state index contributed by atoms with van der Waals surface area (Å²) < 4.78 is 0. The number of hydrogen-bond donors (Lipinski definition) is 2. The van der Waals surface area contributed by atoms with Crippen molar-refractivity contribution < 1.29 is 15.0 Å². The molecule has 0 saturated heterocycles. The van der Waals surface area contributed by atoms with Crippen LogP contribution in [0.1, 0.15) is 90.4 Å². The summed E-state index contributed by atoms with van der Waals surface area (Å²) in [4.78, 5) is 10.4. The van der Waals surface area contributed by atoms with E-state index in [0.29, 0.717) is 6.42 Å². The Hall–Kier alpha value is 0.0274. The number of carboxylic acids is 1. The summed E-state index contributed by atoms with van der Waals surface area (Å²) in [6.45, 7) is 2.25. The fourth-order valence-electron chi connectivity index (χ4n) is 2.30. The number of aliphatic hydroxyl groups is 1. The molecule has 3 nitrogen and oxygen atoms in total. The first-order valence-electron chi connectivity index (χ1n) is 8.09. The molecule has 0 bridgehead atoms. The number of carboxylic acid groups (broad SMARTS) is 1. The summed E-state index contributed by atoms with van der Waals surface area (Å²) in [6.07, 6.45) is 14.4. The molecule has 1 unspecified atom stereocenters. The van der Waals surface area contributed by atoms with Crippen molar-refractivity contribution in [1.29, 1.82) is 0 Å². The van der Waals surface area contributed by atoms with Gasteiger partial charge in [-0.15, -0.1) is 0 Å². The molecule has 0 aromatic heterocycles. The maximum absolute atomic E-state index is 10.4. The molecule has 0 saturated carbocycles. The van der Waals surface area contributed by atoms with E-state index >= 15 is 0 Å². The van der Waals surface area contributed by atoms with Gasteiger partial charge in [-0.1, -0.05) is 84.0 Å². The van der Waals surface area contributed by atoms with Crippen LogP contribution in [0.15, 0.2) is 0 Å². The van der Waals surface area contributed by atoms with Gasteiger partial charge in [0.2, 0.25) is 0 Å². The summed E-state index contributed by atoms with van der Waals surface area (Å²) in [5, 5.41) is 17.6.